The number of aromatic nitrogens is 1. The first-order valence-electron chi connectivity index (χ1n) is 4.92. The summed E-state index contributed by atoms with van der Waals surface area (Å²) in [6, 6.07) is 5.13. The van der Waals surface area contributed by atoms with Crippen LogP contribution in [-0.4, -0.2) is 4.98 Å². The predicted octanol–water partition coefficient (Wildman–Crippen LogP) is 2.52. The van der Waals surface area contributed by atoms with Crippen LogP contribution in [0.1, 0.15) is 5.56 Å². The van der Waals surface area contributed by atoms with Gasteiger partial charge in [0, 0.05) is 17.8 Å². The molecule has 0 unspecified atom stereocenters. The molecule has 2 N–H and O–H groups in total. The summed E-state index contributed by atoms with van der Waals surface area (Å²) in [7, 11) is 0. The second kappa shape index (κ2) is 4.78. The molecule has 1 aromatic carbocycles. The molecule has 88 valence electrons. The lowest BCUT2D eigenvalue weighted by Gasteiger charge is -2.08. The van der Waals surface area contributed by atoms with Gasteiger partial charge < -0.3 is 10.5 Å². The van der Waals surface area contributed by atoms with E-state index in [0.717, 1.165) is 6.20 Å². The van der Waals surface area contributed by atoms with Crippen molar-refractivity contribution in [3.8, 4) is 5.75 Å². The average Bonchev–Trinajstić information content (AvgIpc) is 2.30. The largest absolute Gasteiger partial charge is 0.487 e. The monoisotopic (exact) mass is 236 g/mol. The molecular weight excluding hydrogens is 226 g/mol. The van der Waals surface area contributed by atoms with Gasteiger partial charge in [0.1, 0.15) is 24.0 Å². The zero-order valence-corrected chi connectivity index (χ0v) is 8.86. The highest BCUT2D eigenvalue weighted by atomic mass is 19.1. The van der Waals surface area contributed by atoms with Gasteiger partial charge in [0.2, 0.25) is 0 Å². The first kappa shape index (κ1) is 11.3. The number of hydrogen-bond acceptors (Lipinski definition) is 3. The molecular formula is C12H10F2N2O. The third-order valence-corrected chi connectivity index (χ3v) is 2.13. The van der Waals surface area contributed by atoms with E-state index in [1.54, 1.807) is 0 Å². The maximum Gasteiger partial charge on any atom is 0.145 e. The van der Waals surface area contributed by atoms with Crippen LogP contribution < -0.4 is 10.5 Å². The molecule has 0 fully saturated rings. The number of ether oxygens (including phenoxy) is 1. The lowest BCUT2D eigenvalue weighted by Crippen LogP contribution is -2.00. The number of hydrogen-bond donors (Lipinski definition) is 1. The first-order valence-corrected chi connectivity index (χ1v) is 4.92. The van der Waals surface area contributed by atoms with Gasteiger partial charge in [-0.05, 0) is 18.2 Å². The molecule has 5 heteroatoms. The molecule has 2 aromatic rings. The van der Waals surface area contributed by atoms with Gasteiger partial charge in [-0.25, -0.2) is 8.78 Å². The Labute approximate surface area is 96.9 Å². The lowest BCUT2D eigenvalue weighted by atomic mass is 10.3. The Balaban J connectivity index is 2.09. The number of anilines is 1. The minimum Gasteiger partial charge on any atom is -0.487 e. The maximum atomic E-state index is 12.9. The molecule has 0 saturated heterocycles. The highest BCUT2D eigenvalue weighted by molar-refractivity contribution is 5.52. The molecule has 0 atom stereocenters. The van der Waals surface area contributed by atoms with E-state index >= 15 is 0 Å². The third kappa shape index (κ3) is 2.90. The number of halogens is 2. The molecule has 0 aliphatic rings. The lowest BCUT2D eigenvalue weighted by molar-refractivity contribution is 0.305. The highest BCUT2D eigenvalue weighted by Gasteiger charge is 2.03. The van der Waals surface area contributed by atoms with Crippen molar-refractivity contribution in [3.63, 3.8) is 0 Å². The van der Waals surface area contributed by atoms with E-state index in [0.29, 0.717) is 11.3 Å². The summed E-state index contributed by atoms with van der Waals surface area (Å²) in [5.41, 5.74) is 6.48. The Morgan fingerprint density at radius 1 is 1.12 bits per heavy atom. The van der Waals surface area contributed by atoms with E-state index in [2.05, 4.69) is 4.98 Å². The fraction of sp³-hybridized carbons (Fsp3) is 0.0833. The van der Waals surface area contributed by atoms with E-state index < -0.39 is 11.6 Å². The Kier molecular flexibility index (Phi) is 3.18. The minimum absolute atomic E-state index is 0.0818. The molecule has 0 amide bonds. The van der Waals surface area contributed by atoms with E-state index in [1.807, 2.05) is 0 Å². The Morgan fingerprint density at radius 2 is 1.94 bits per heavy atom. The van der Waals surface area contributed by atoms with Crippen LogP contribution in [0.2, 0.25) is 0 Å². The van der Waals surface area contributed by atoms with Gasteiger partial charge >= 0.3 is 0 Å². The second-order valence-corrected chi connectivity index (χ2v) is 3.48. The topological polar surface area (TPSA) is 48.1 Å². The van der Waals surface area contributed by atoms with Crippen molar-refractivity contribution in [1.29, 1.82) is 0 Å². The SMILES string of the molecule is Nc1ccc(F)cc1OCc1cncc(F)c1. The smallest absolute Gasteiger partial charge is 0.145 e. The van der Waals surface area contributed by atoms with E-state index in [1.165, 1.54) is 30.5 Å². The van der Waals surface area contributed by atoms with Gasteiger partial charge in [0.05, 0.1) is 11.9 Å². The van der Waals surface area contributed by atoms with Gasteiger partial charge in [0.25, 0.3) is 0 Å². The molecule has 0 aliphatic heterocycles. The number of rotatable bonds is 3. The fourth-order valence-corrected chi connectivity index (χ4v) is 1.33. The molecule has 17 heavy (non-hydrogen) atoms. The number of nitrogen functional groups attached to an aromatic ring is 1. The predicted molar refractivity (Wildman–Crippen MR) is 59.3 cm³/mol. The van der Waals surface area contributed by atoms with Crippen molar-refractivity contribution >= 4 is 5.69 Å². The normalized spacial score (nSPS) is 10.2. The van der Waals surface area contributed by atoms with Crippen molar-refractivity contribution in [1.82, 2.24) is 4.98 Å². The summed E-state index contributed by atoms with van der Waals surface area (Å²) in [6.07, 6.45) is 2.57. The van der Waals surface area contributed by atoms with E-state index in [9.17, 15) is 8.78 Å². The summed E-state index contributed by atoms with van der Waals surface area (Å²) in [5, 5.41) is 0. The standard InChI is InChI=1S/C12H10F2N2O/c13-9-1-2-11(15)12(4-9)17-7-8-3-10(14)6-16-5-8/h1-6H,7,15H2. The average molecular weight is 236 g/mol. The highest BCUT2D eigenvalue weighted by Crippen LogP contribution is 2.22. The van der Waals surface area contributed by atoms with Crippen LogP contribution in [-0.2, 0) is 6.61 Å². The summed E-state index contributed by atoms with van der Waals surface area (Å²) >= 11 is 0. The Morgan fingerprint density at radius 3 is 2.71 bits per heavy atom. The quantitative estimate of drug-likeness (QED) is 0.833. The van der Waals surface area contributed by atoms with Gasteiger partial charge in [-0.2, -0.15) is 0 Å². The zero-order chi connectivity index (χ0) is 12.3. The van der Waals surface area contributed by atoms with Crippen molar-refractivity contribution in [3.05, 3.63) is 53.9 Å². The van der Waals surface area contributed by atoms with Crippen LogP contribution in [0, 0.1) is 11.6 Å². The van der Waals surface area contributed by atoms with Gasteiger partial charge in [0.15, 0.2) is 0 Å². The summed E-state index contributed by atoms with van der Waals surface area (Å²) in [6.45, 7) is 0.0818. The third-order valence-electron chi connectivity index (χ3n) is 2.13. The molecule has 1 heterocycles. The molecule has 3 nitrogen and oxygen atoms in total. The van der Waals surface area contributed by atoms with Crippen molar-refractivity contribution in [2.24, 2.45) is 0 Å². The molecule has 2 rings (SSSR count). The maximum absolute atomic E-state index is 12.9. The van der Waals surface area contributed by atoms with Crippen LogP contribution in [0.15, 0.2) is 36.7 Å². The molecule has 0 bridgehead atoms. The Bertz CT molecular complexity index is 532. The molecule has 0 spiro atoms. The summed E-state index contributed by atoms with van der Waals surface area (Å²) < 4.78 is 31.0. The molecule has 1 aromatic heterocycles. The van der Waals surface area contributed by atoms with Crippen LogP contribution in [0.25, 0.3) is 0 Å². The number of pyridine rings is 1. The summed E-state index contributed by atoms with van der Waals surface area (Å²) in [4.78, 5) is 3.68. The van der Waals surface area contributed by atoms with Crippen LogP contribution in [0.5, 0.6) is 5.75 Å². The van der Waals surface area contributed by atoms with Gasteiger partial charge in [-0.3, -0.25) is 4.98 Å². The van der Waals surface area contributed by atoms with Gasteiger partial charge in [-0.15, -0.1) is 0 Å². The number of nitrogens with two attached hydrogens (primary N) is 1. The number of benzene rings is 1. The van der Waals surface area contributed by atoms with Crippen LogP contribution in [0.4, 0.5) is 14.5 Å². The molecule has 0 aliphatic carbocycles. The molecule has 0 radical (unpaired) electrons. The van der Waals surface area contributed by atoms with E-state index in [4.69, 9.17) is 10.5 Å². The fourth-order valence-electron chi connectivity index (χ4n) is 1.33. The van der Waals surface area contributed by atoms with Gasteiger partial charge in [-0.1, -0.05) is 0 Å². The van der Waals surface area contributed by atoms with Crippen LogP contribution >= 0.6 is 0 Å². The van der Waals surface area contributed by atoms with Crippen molar-refractivity contribution in [2.45, 2.75) is 6.61 Å². The second-order valence-electron chi connectivity index (χ2n) is 3.48. The molecule has 0 saturated carbocycles. The first-order chi connectivity index (χ1) is 8.15. The minimum atomic E-state index is -0.446. The van der Waals surface area contributed by atoms with Crippen molar-refractivity contribution < 1.29 is 13.5 Å². The Hall–Kier alpha value is -2.17. The van der Waals surface area contributed by atoms with Crippen molar-refractivity contribution in [2.75, 3.05) is 5.73 Å². The summed E-state index contributed by atoms with van der Waals surface area (Å²) in [5.74, 6) is -0.654. The van der Waals surface area contributed by atoms with E-state index in [-0.39, 0.29) is 12.4 Å². The zero-order valence-electron chi connectivity index (χ0n) is 8.86. The number of nitrogens with zero attached hydrogens (tertiary/aromatic N) is 1. The van der Waals surface area contributed by atoms with Crippen LogP contribution in [0.3, 0.4) is 0 Å².